The molecular weight excluding hydrogens is 224 g/mol. The maximum Gasteiger partial charge on any atom is 0.246 e. The van der Waals surface area contributed by atoms with Gasteiger partial charge in [-0.3, -0.25) is 10.2 Å². The van der Waals surface area contributed by atoms with Gasteiger partial charge in [0.15, 0.2) is 5.22 Å². The number of nitrogens with two attached hydrogens (primary N) is 1. The van der Waals surface area contributed by atoms with Crippen molar-refractivity contribution in [2.45, 2.75) is 17.9 Å². The highest BCUT2D eigenvalue weighted by Gasteiger charge is 2.12. The van der Waals surface area contributed by atoms with E-state index in [1.165, 1.54) is 11.8 Å². The van der Waals surface area contributed by atoms with Gasteiger partial charge in [0.2, 0.25) is 5.91 Å². The molecule has 14 heavy (non-hydrogen) atoms. The highest BCUT2D eigenvalue weighted by Crippen LogP contribution is 2.21. The van der Waals surface area contributed by atoms with Gasteiger partial charge < -0.3 is 4.42 Å². The molecule has 0 spiro atoms. The van der Waals surface area contributed by atoms with Crippen molar-refractivity contribution in [1.82, 2.24) is 5.43 Å². The minimum absolute atomic E-state index is 0.201. The Morgan fingerprint density at radius 2 is 2.50 bits per heavy atom. The number of furan rings is 1. The molecule has 0 fully saturated rings. The zero-order valence-corrected chi connectivity index (χ0v) is 9.19. The first-order valence-electron chi connectivity index (χ1n) is 3.99. The number of amides is 1. The van der Waals surface area contributed by atoms with Gasteiger partial charge in [0, 0.05) is 0 Å². The van der Waals surface area contributed by atoms with E-state index in [0.29, 0.717) is 11.0 Å². The Kier molecular flexibility index (Phi) is 4.31. The second kappa shape index (κ2) is 5.29. The van der Waals surface area contributed by atoms with Gasteiger partial charge in [-0.15, -0.1) is 11.8 Å². The van der Waals surface area contributed by atoms with Crippen LogP contribution in [0.3, 0.4) is 0 Å². The van der Waals surface area contributed by atoms with E-state index < -0.39 is 0 Å². The van der Waals surface area contributed by atoms with Gasteiger partial charge in [0.1, 0.15) is 5.76 Å². The van der Waals surface area contributed by atoms with Gasteiger partial charge in [0.05, 0.1) is 11.0 Å². The van der Waals surface area contributed by atoms with Crippen LogP contribution < -0.4 is 11.3 Å². The Morgan fingerprint density at radius 1 is 1.79 bits per heavy atom. The molecule has 0 aliphatic carbocycles. The maximum absolute atomic E-state index is 11.0. The zero-order chi connectivity index (χ0) is 10.6. The SMILES string of the molecule is CC(SCc1ccc(Cl)o1)C(=O)NN. The number of rotatable bonds is 4. The highest BCUT2D eigenvalue weighted by atomic mass is 35.5. The molecule has 4 nitrogen and oxygen atoms in total. The number of thioether (sulfide) groups is 1. The molecule has 0 radical (unpaired) electrons. The normalized spacial score (nSPS) is 12.5. The van der Waals surface area contributed by atoms with E-state index in [-0.39, 0.29) is 11.2 Å². The van der Waals surface area contributed by atoms with E-state index >= 15 is 0 Å². The summed E-state index contributed by atoms with van der Waals surface area (Å²) in [5.41, 5.74) is 2.09. The minimum Gasteiger partial charge on any atom is -0.449 e. The predicted molar refractivity (Wildman–Crippen MR) is 56.8 cm³/mol. The van der Waals surface area contributed by atoms with Crippen molar-refractivity contribution in [3.8, 4) is 0 Å². The summed E-state index contributed by atoms with van der Waals surface area (Å²) < 4.78 is 5.13. The van der Waals surface area contributed by atoms with Crippen LogP contribution in [-0.4, -0.2) is 11.2 Å². The molecule has 6 heteroatoms. The van der Waals surface area contributed by atoms with Crippen LogP contribution in [0.2, 0.25) is 5.22 Å². The molecule has 1 amide bonds. The summed E-state index contributed by atoms with van der Waals surface area (Å²) in [6.07, 6.45) is 0. The van der Waals surface area contributed by atoms with Gasteiger partial charge in [-0.25, -0.2) is 5.84 Å². The van der Waals surface area contributed by atoms with Crippen LogP contribution in [0.1, 0.15) is 12.7 Å². The fourth-order valence-corrected chi connectivity index (χ4v) is 1.78. The molecule has 78 valence electrons. The van der Waals surface area contributed by atoms with E-state index in [9.17, 15) is 4.79 Å². The van der Waals surface area contributed by atoms with Crippen LogP contribution in [0.5, 0.6) is 0 Å². The van der Waals surface area contributed by atoms with Gasteiger partial charge >= 0.3 is 0 Å². The van der Waals surface area contributed by atoms with Gasteiger partial charge in [-0.2, -0.15) is 0 Å². The predicted octanol–water partition coefficient (Wildman–Crippen LogP) is 1.54. The average molecular weight is 235 g/mol. The molecule has 1 rings (SSSR count). The molecule has 3 N–H and O–H groups in total. The Hall–Kier alpha value is -0.650. The van der Waals surface area contributed by atoms with Crippen molar-refractivity contribution in [3.63, 3.8) is 0 Å². The number of nitrogens with one attached hydrogen (secondary N) is 1. The van der Waals surface area contributed by atoms with Gasteiger partial charge in [-0.1, -0.05) is 0 Å². The lowest BCUT2D eigenvalue weighted by Crippen LogP contribution is -2.36. The first kappa shape index (κ1) is 11.4. The van der Waals surface area contributed by atoms with Crippen molar-refractivity contribution < 1.29 is 9.21 Å². The lowest BCUT2D eigenvalue weighted by Gasteiger charge is -2.07. The molecule has 1 heterocycles. The smallest absolute Gasteiger partial charge is 0.246 e. The molecule has 1 atom stereocenters. The summed E-state index contributed by atoms with van der Waals surface area (Å²) in [6, 6.07) is 3.45. The summed E-state index contributed by atoms with van der Waals surface area (Å²) >= 11 is 7.02. The third kappa shape index (κ3) is 3.25. The standard InChI is InChI=1S/C8H11ClN2O2S/c1-5(8(12)11-10)14-4-6-2-3-7(9)13-6/h2-3,5H,4,10H2,1H3,(H,11,12). The van der Waals surface area contributed by atoms with E-state index in [1.807, 2.05) is 0 Å². The van der Waals surface area contributed by atoms with Crippen LogP contribution in [0.15, 0.2) is 16.5 Å². The molecule has 0 aliphatic rings. The Labute approximate surface area is 91.1 Å². The third-order valence-electron chi connectivity index (χ3n) is 1.62. The number of hydrogen-bond acceptors (Lipinski definition) is 4. The van der Waals surface area contributed by atoms with E-state index in [2.05, 4.69) is 5.43 Å². The number of halogens is 1. The molecule has 0 aromatic carbocycles. The molecule has 1 unspecified atom stereocenters. The van der Waals surface area contributed by atoms with Crippen LogP contribution in [0.25, 0.3) is 0 Å². The summed E-state index contributed by atoms with van der Waals surface area (Å²) in [6.45, 7) is 1.78. The van der Waals surface area contributed by atoms with Crippen molar-refractivity contribution in [1.29, 1.82) is 0 Å². The molecular formula is C8H11ClN2O2S. The minimum atomic E-state index is -0.205. The molecule has 0 saturated heterocycles. The number of carbonyl (C=O) groups is 1. The number of carbonyl (C=O) groups excluding carboxylic acids is 1. The van der Waals surface area contributed by atoms with E-state index in [0.717, 1.165) is 5.76 Å². The number of hydrogen-bond donors (Lipinski definition) is 2. The average Bonchev–Trinajstić information content (AvgIpc) is 2.59. The van der Waals surface area contributed by atoms with Crippen molar-refractivity contribution in [3.05, 3.63) is 23.1 Å². The third-order valence-corrected chi connectivity index (χ3v) is 2.98. The maximum atomic E-state index is 11.0. The molecule has 1 aromatic rings. The second-order valence-corrected chi connectivity index (χ2v) is 4.37. The lowest BCUT2D eigenvalue weighted by molar-refractivity contribution is -0.120. The van der Waals surface area contributed by atoms with Gasteiger partial charge in [0.25, 0.3) is 0 Å². The van der Waals surface area contributed by atoms with Crippen LogP contribution >= 0.6 is 23.4 Å². The lowest BCUT2D eigenvalue weighted by atomic mass is 10.5. The van der Waals surface area contributed by atoms with Crippen LogP contribution in [0, 0.1) is 0 Å². The first-order valence-corrected chi connectivity index (χ1v) is 5.42. The summed E-state index contributed by atoms with van der Waals surface area (Å²) in [7, 11) is 0. The fourth-order valence-electron chi connectivity index (χ4n) is 0.829. The fraction of sp³-hybridized carbons (Fsp3) is 0.375. The summed E-state index contributed by atoms with van der Waals surface area (Å²) in [4.78, 5) is 11.0. The molecule has 0 aliphatic heterocycles. The molecule has 0 bridgehead atoms. The first-order chi connectivity index (χ1) is 6.63. The number of hydrazine groups is 1. The van der Waals surface area contributed by atoms with E-state index in [4.69, 9.17) is 21.9 Å². The second-order valence-electron chi connectivity index (χ2n) is 2.67. The summed E-state index contributed by atoms with van der Waals surface area (Å²) in [5, 5.41) is 0.153. The zero-order valence-electron chi connectivity index (χ0n) is 7.62. The van der Waals surface area contributed by atoms with Crippen molar-refractivity contribution >= 4 is 29.3 Å². The molecule has 1 aromatic heterocycles. The Bertz CT molecular complexity index is 316. The Morgan fingerprint density at radius 3 is 3.00 bits per heavy atom. The van der Waals surface area contributed by atoms with Crippen molar-refractivity contribution in [2.24, 2.45) is 5.84 Å². The highest BCUT2D eigenvalue weighted by molar-refractivity contribution is 7.99. The Balaban J connectivity index is 2.37. The van der Waals surface area contributed by atoms with Crippen molar-refractivity contribution in [2.75, 3.05) is 0 Å². The van der Waals surface area contributed by atoms with Gasteiger partial charge in [-0.05, 0) is 30.7 Å². The molecule has 0 saturated carbocycles. The topological polar surface area (TPSA) is 68.3 Å². The van der Waals surface area contributed by atoms with Crippen LogP contribution in [0.4, 0.5) is 0 Å². The quantitative estimate of drug-likeness (QED) is 0.471. The summed E-state index contributed by atoms with van der Waals surface area (Å²) in [5.74, 6) is 6.13. The van der Waals surface area contributed by atoms with Crippen LogP contribution in [-0.2, 0) is 10.5 Å². The monoisotopic (exact) mass is 234 g/mol. The largest absolute Gasteiger partial charge is 0.449 e. The van der Waals surface area contributed by atoms with E-state index in [1.54, 1.807) is 19.1 Å².